The maximum atomic E-state index is 2.24. The molecule has 0 N–H and O–H groups in total. The van der Waals surface area contributed by atoms with Crippen molar-refractivity contribution >= 4 is 22.5 Å². The van der Waals surface area contributed by atoms with Gasteiger partial charge >= 0.3 is 0 Å². The maximum Gasteiger partial charge on any atom is 0.272 e. The normalized spacial score (nSPS) is 11.2. The zero-order valence-corrected chi connectivity index (χ0v) is 14.5. The molecule has 114 valence electrons. The van der Waals surface area contributed by atoms with Crippen LogP contribution < -0.4 is 0 Å². The Kier molecular flexibility index (Phi) is 5.84. The molecule has 2 rings (SSSR count). The van der Waals surface area contributed by atoms with Crippen molar-refractivity contribution in [3.63, 3.8) is 0 Å². The summed E-state index contributed by atoms with van der Waals surface area (Å²) < 4.78 is 2.13. The van der Waals surface area contributed by atoms with E-state index in [1.165, 1.54) is 21.2 Å². The second-order valence-corrected chi connectivity index (χ2v) is 6.55. The number of hydrogen-bond acceptors (Lipinski definition) is 1. The van der Waals surface area contributed by atoms with Gasteiger partial charge in [0.25, 0.3) is 5.84 Å². The third kappa shape index (κ3) is 4.50. The van der Waals surface area contributed by atoms with Crippen LogP contribution in [-0.2, 0) is 0 Å². The molecule has 0 spiro atoms. The highest BCUT2D eigenvalue weighted by atomic mass is 32.2. The summed E-state index contributed by atoms with van der Waals surface area (Å²) in [5.41, 5.74) is 1.23. The zero-order valence-electron chi connectivity index (χ0n) is 13.7. The number of amidine groups is 1. The lowest BCUT2D eigenvalue weighted by molar-refractivity contribution is -0.468. The van der Waals surface area contributed by atoms with E-state index in [1.54, 1.807) is 11.8 Å². The zero-order chi connectivity index (χ0) is 15.9. The third-order valence-electron chi connectivity index (χ3n) is 3.21. The van der Waals surface area contributed by atoms with Gasteiger partial charge in [-0.15, -0.1) is 0 Å². The standard InChI is InChI=1S/C19H23N2S/c1-20(2)19(21(3)4)15-18(16-11-7-5-8-12-16)22-17-13-9-6-10-14-17/h5-15H,1-4H3/q+1/b18-15-. The van der Waals surface area contributed by atoms with Gasteiger partial charge in [-0.3, -0.25) is 9.48 Å². The van der Waals surface area contributed by atoms with E-state index in [0.29, 0.717) is 0 Å². The summed E-state index contributed by atoms with van der Waals surface area (Å²) in [7, 11) is 8.28. The number of nitrogens with zero attached hydrogens (tertiary/aromatic N) is 2. The highest BCUT2D eigenvalue weighted by Crippen LogP contribution is 2.34. The van der Waals surface area contributed by atoms with E-state index >= 15 is 0 Å². The lowest BCUT2D eigenvalue weighted by Crippen LogP contribution is -2.27. The largest absolute Gasteiger partial charge is 0.272 e. The summed E-state index contributed by atoms with van der Waals surface area (Å²) in [4.78, 5) is 4.62. The molecule has 3 heteroatoms. The van der Waals surface area contributed by atoms with E-state index < -0.39 is 0 Å². The number of thioether (sulfide) groups is 1. The highest BCUT2D eigenvalue weighted by molar-refractivity contribution is 8.08. The molecule has 0 bridgehead atoms. The van der Waals surface area contributed by atoms with E-state index in [9.17, 15) is 0 Å². The topological polar surface area (TPSA) is 6.25 Å². The minimum absolute atomic E-state index is 1.17. The smallest absolute Gasteiger partial charge is 0.267 e. The average Bonchev–Trinajstić information content (AvgIpc) is 2.52. The molecule has 0 aliphatic rings. The molecular weight excluding hydrogens is 288 g/mol. The molecule has 2 aromatic rings. The fraction of sp³-hybridized carbons (Fsp3) is 0.211. The second kappa shape index (κ2) is 7.85. The Bertz CT molecular complexity index is 654. The van der Waals surface area contributed by atoms with Crippen LogP contribution in [0.5, 0.6) is 0 Å². The summed E-state index contributed by atoms with van der Waals surface area (Å²) in [6.45, 7) is 0. The second-order valence-electron chi connectivity index (χ2n) is 5.44. The predicted molar refractivity (Wildman–Crippen MR) is 97.5 cm³/mol. The predicted octanol–water partition coefficient (Wildman–Crippen LogP) is 4.05. The molecule has 0 heterocycles. The summed E-state index contributed by atoms with van der Waals surface area (Å²) in [5.74, 6) is 1.17. The molecule has 0 amide bonds. The number of rotatable bonds is 4. The van der Waals surface area contributed by atoms with Crippen molar-refractivity contribution in [2.75, 3.05) is 28.2 Å². The summed E-state index contributed by atoms with van der Waals surface area (Å²) in [5, 5.41) is 0. The lowest BCUT2D eigenvalue weighted by atomic mass is 10.2. The van der Waals surface area contributed by atoms with Crippen LogP contribution in [0.15, 0.2) is 71.6 Å². The van der Waals surface area contributed by atoms with Crippen molar-refractivity contribution in [2.24, 2.45) is 0 Å². The Balaban J connectivity index is 2.44. The number of hydrogen-bond donors (Lipinski definition) is 0. The highest BCUT2D eigenvalue weighted by Gasteiger charge is 2.12. The molecule has 22 heavy (non-hydrogen) atoms. The van der Waals surface area contributed by atoms with Crippen molar-refractivity contribution < 1.29 is 4.58 Å². The summed E-state index contributed by atoms with van der Waals surface area (Å²) in [6, 6.07) is 21.0. The van der Waals surface area contributed by atoms with Crippen LogP contribution in [0.4, 0.5) is 0 Å². The minimum Gasteiger partial charge on any atom is -0.267 e. The first-order chi connectivity index (χ1) is 10.6. The molecule has 0 atom stereocenters. The first kappa shape index (κ1) is 16.4. The summed E-state index contributed by atoms with van der Waals surface area (Å²) in [6.07, 6.45) is 2.24. The van der Waals surface area contributed by atoms with Crippen molar-refractivity contribution in [1.82, 2.24) is 4.90 Å². The minimum atomic E-state index is 1.17. The average molecular weight is 311 g/mol. The van der Waals surface area contributed by atoms with Gasteiger partial charge in [0.2, 0.25) is 0 Å². The fourth-order valence-electron chi connectivity index (χ4n) is 2.17. The molecule has 0 aliphatic carbocycles. The van der Waals surface area contributed by atoms with Crippen molar-refractivity contribution in [3.05, 3.63) is 72.3 Å². The molecule has 0 saturated carbocycles. The summed E-state index contributed by atoms with van der Waals surface area (Å²) >= 11 is 1.79. The Morgan fingerprint density at radius 3 is 1.95 bits per heavy atom. The van der Waals surface area contributed by atoms with Crippen LogP contribution >= 0.6 is 11.8 Å². The fourth-order valence-corrected chi connectivity index (χ4v) is 3.13. The Hall–Kier alpha value is -2.00. The molecule has 0 unspecified atom stereocenters. The van der Waals surface area contributed by atoms with Crippen LogP contribution in [0.3, 0.4) is 0 Å². The Morgan fingerprint density at radius 1 is 0.909 bits per heavy atom. The van der Waals surface area contributed by atoms with Gasteiger partial charge in [0.05, 0.1) is 28.2 Å². The number of likely N-dealkylation sites (N-methyl/N-ethyl adjacent to an activating group) is 1. The first-order valence-corrected chi connectivity index (χ1v) is 8.11. The van der Waals surface area contributed by atoms with Gasteiger partial charge in [-0.25, -0.2) is 0 Å². The molecular formula is C19H23N2S+. The molecule has 0 aromatic heterocycles. The van der Waals surface area contributed by atoms with E-state index in [-0.39, 0.29) is 0 Å². The van der Waals surface area contributed by atoms with Gasteiger partial charge in [0, 0.05) is 15.9 Å². The quantitative estimate of drug-likeness (QED) is 0.364. The van der Waals surface area contributed by atoms with Crippen molar-refractivity contribution in [1.29, 1.82) is 0 Å². The van der Waals surface area contributed by atoms with E-state index in [1.807, 2.05) is 6.07 Å². The van der Waals surface area contributed by atoms with Crippen LogP contribution in [0.2, 0.25) is 0 Å². The molecule has 2 nitrogen and oxygen atoms in total. The molecule has 0 saturated heterocycles. The monoisotopic (exact) mass is 311 g/mol. The van der Waals surface area contributed by atoms with Crippen LogP contribution in [-0.4, -0.2) is 43.5 Å². The Morgan fingerprint density at radius 2 is 1.45 bits per heavy atom. The van der Waals surface area contributed by atoms with Gasteiger partial charge in [0.1, 0.15) is 0 Å². The molecule has 0 radical (unpaired) electrons. The molecule has 0 fully saturated rings. The number of benzene rings is 2. The van der Waals surface area contributed by atoms with Gasteiger partial charge in [-0.2, -0.15) is 0 Å². The first-order valence-electron chi connectivity index (χ1n) is 7.29. The van der Waals surface area contributed by atoms with Crippen LogP contribution in [0.25, 0.3) is 4.91 Å². The van der Waals surface area contributed by atoms with Crippen molar-refractivity contribution in [3.8, 4) is 0 Å². The van der Waals surface area contributed by atoms with Gasteiger partial charge in [-0.05, 0) is 17.7 Å². The van der Waals surface area contributed by atoms with Gasteiger partial charge in [-0.1, -0.05) is 60.3 Å². The molecule has 2 aromatic carbocycles. The van der Waals surface area contributed by atoms with E-state index in [2.05, 4.69) is 98.3 Å². The van der Waals surface area contributed by atoms with E-state index in [4.69, 9.17) is 0 Å². The SMILES string of the molecule is CN(C)C(/C=C(\Sc1ccccc1)c1ccccc1)=[N+](C)C. The lowest BCUT2D eigenvalue weighted by Gasteiger charge is -2.12. The van der Waals surface area contributed by atoms with E-state index in [0.717, 1.165) is 0 Å². The van der Waals surface area contributed by atoms with Crippen molar-refractivity contribution in [2.45, 2.75) is 4.90 Å². The molecule has 0 aliphatic heterocycles. The van der Waals surface area contributed by atoms with Gasteiger partial charge in [0.15, 0.2) is 0 Å². The van der Waals surface area contributed by atoms with Crippen LogP contribution in [0, 0.1) is 0 Å². The Labute approximate surface area is 137 Å². The maximum absolute atomic E-state index is 2.24. The van der Waals surface area contributed by atoms with Crippen LogP contribution in [0.1, 0.15) is 5.56 Å². The third-order valence-corrected chi connectivity index (χ3v) is 4.29. The van der Waals surface area contributed by atoms with Gasteiger partial charge < -0.3 is 0 Å².